The molecule has 0 saturated heterocycles. The minimum atomic E-state index is -0.139. The van der Waals surface area contributed by atoms with Crippen molar-refractivity contribution in [2.45, 2.75) is 32.1 Å². The quantitative estimate of drug-likeness (QED) is 0.804. The molecule has 1 saturated carbocycles. The molecule has 0 aliphatic heterocycles. The van der Waals surface area contributed by atoms with Gasteiger partial charge in [-0.2, -0.15) is 0 Å². The van der Waals surface area contributed by atoms with Gasteiger partial charge in [-0.05, 0) is 48.9 Å². The molecule has 88 valence electrons. The van der Waals surface area contributed by atoms with Crippen molar-refractivity contribution in [2.75, 3.05) is 13.1 Å². The van der Waals surface area contributed by atoms with Crippen LogP contribution >= 0.6 is 0 Å². The van der Waals surface area contributed by atoms with Gasteiger partial charge in [0.25, 0.3) is 0 Å². The van der Waals surface area contributed by atoms with Crippen molar-refractivity contribution in [3.05, 3.63) is 35.6 Å². The molecule has 0 amide bonds. The van der Waals surface area contributed by atoms with Crippen molar-refractivity contribution in [2.24, 2.45) is 5.92 Å². The van der Waals surface area contributed by atoms with Gasteiger partial charge >= 0.3 is 0 Å². The lowest BCUT2D eigenvalue weighted by atomic mass is 9.73. The summed E-state index contributed by atoms with van der Waals surface area (Å²) >= 11 is 0. The summed E-state index contributed by atoms with van der Waals surface area (Å²) in [7, 11) is 0. The van der Waals surface area contributed by atoms with Crippen molar-refractivity contribution < 1.29 is 4.39 Å². The van der Waals surface area contributed by atoms with Gasteiger partial charge in [-0.1, -0.05) is 25.5 Å². The number of hydrogen-bond acceptors (Lipinski definition) is 1. The smallest absolute Gasteiger partial charge is 0.123 e. The van der Waals surface area contributed by atoms with Crippen molar-refractivity contribution in [1.82, 2.24) is 5.32 Å². The maximum absolute atomic E-state index is 12.9. The summed E-state index contributed by atoms with van der Waals surface area (Å²) in [6.07, 6.45) is 4.01. The highest BCUT2D eigenvalue weighted by molar-refractivity contribution is 5.22. The Hall–Kier alpha value is -0.890. The van der Waals surface area contributed by atoms with Crippen LogP contribution in [0, 0.1) is 11.7 Å². The number of likely N-dealkylation sites (N-methyl/N-ethyl adjacent to an activating group) is 1. The second-order valence-electron chi connectivity index (χ2n) is 4.66. The first-order chi connectivity index (χ1) is 7.81. The predicted octanol–water partition coefficient (Wildman–Crippen LogP) is 3.32. The van der Waals surface area contributed by atoms with Crippen LogP contribution in [0.4, 0.5) is 4.39 Å². The van der Waals surface area contributed by atoms with E-state index in [1.54, 1.807) is 12.1 Å². The Morgan fingerprint density at radius 3 is 2.50 bits per heavy atom. The van der Waals surface area contributed by atoms with E-state index in [4.69, 9.17) is 0 Å². The fourth-order valence-electron chi connectivity index (χ4n) is 2.41. The monoisotopic (exact) mass is 221 g/mol. The van der Waals surface area contributed by atoms with Gasteiger partial charge in [-0.15, -0.1) is 0 Å². The fraction of sp³-hybridized carbons (Fsp3) is 0.571. The summed E-state index contributed by atoms with van der Waals surface area (Å²) < 4.78 is 12.9. The lowest BCUT2D eigenvalue weighted by Crippen LogP contribution is -2.30. The third kappa shape index (κ3) is 2.62. The number of benzene rings is 1. The molecule has 1 nitrogen and oxygen atoms in total. The SMILES string of the molecule is CCNCC(c1ccc(F)cc1)C1CCC1. The Kier molecular flexibility index (Phi) is 3.94. The maximum Gasteiger partial charge on any atom is 0.123 e. The second-order valence-corrected chi connectivity index (χ2v) is 4.66. The summed E-state index contributed by atoms with van der Waals surface area (Å²) in [5.74, 6) is 1.22. The predicted molar refractivity (Wildman–Crippen MR) is 65.0 cm³/mol. The summed E-state index contributed by atoms with van der Waals surface area (Å²) in [5.41, 5.74) is 1.28. The summed E-state index contributed by atoms with van der Waals surface area (Å²) in [6.45, 7) is 4.15. The Bertz CT molecular complexity index is 316. The van der Waals surface area contributed by atoms with Gasteiger partial charge in [0.2, 0.25) is 0 Å². The first-order valence-corrected chi connectivity index (χ1v) is 6.27. The molecular formula is C14H20FN. The number of halogens is 1. The first-order valence-electron chi connectivity index (χ1n) is 6.27. The molecule has 2 rings (SSSR count). The van der Waals surface area contributed by atoms with Crippen LogP contribution < -0.4 is 5.32 Å². The van der Waals surface area contributed by atoms with Gasteiger partial charge in [-0.25, -0.2) is 4.39 Å². The van der Waals surface area contributed by atoms with Crippen LogP contribution in [0.2, 0.25) is 0 Å². The molecule has 0 bridgehead atoms. The molecule has 1 fully saturated rings. The average Bonchev–Trinajstić information content (AvgIpc) is 2.23. The van der Waals surface area contributed by atoms with E-state index in [-0.39, 0.29) is 5.82 Å². The van der Waals surface area contributed by atoms with Crippen molar-refractivity contribution >= 4 is 0 Å². The van der Waals surface area contributed by atoms with E-state index in [1.807, 2.05) is 12.1 Å². The Balaban J connectivity index is 2.07. The van der Waals surface area contributed by atoms with E-state index >= 15 is 0 Å². The highest BCUT2D eigenvalue weighted by atomic mass is 19.1. The molecule has 1 unspecified atom stereocenters. The van der Waals surface area contributed by atoms with Crippen molar-refractivity contribution in [1.29, 1.82) is 0 Å². The van der Waals surface area contributed by atoms with E-state index in [0.29, 0.717) is 5.92 Å². The highest BCUT2D eigenvalue weighted by Gasteiger charge is 2.27. The van der Waals surface area contributed by atoms with Crippen LogP contribution in [0.3, 0.4) is 0 Å². The molecule has 2 heteroatoms. The number of rotatable bonds is 5. The summed E-state index contributed by atoms with van der Waals surface area (Å²) in [4.78, 5) is 0. The molecular weight excluding hydrogens is 201 g/mol. The standard InChI is InChI=1S/C14H20FN/c1-2-16-10-14(11-4-3-5-11)12-6-8-13(15)9-7-12/h6-9,11,14,16H,2-5,10H2,1H3. The Morgan fingerprint density at radius 2 is 2.00 bits per heavy atom. The van der Waals surface area contributed by atoms with Gasteiger partial charge < -0.3 is 5.32 Å². The van der Waals surface area contributed by atoms with E-state index in [9.17, 15) is 4.39 Å². The molecule has 1 aliphatic carbocycles. The number of nitrogens with one attached hydrogen (secondary N) is 1. The van der Waals surface area contributed by atoms with Gasteiger partial charge in [0.1, 0.15) is 5.82 Å². The molecule has 1 aromatic rings. The van der Waals surface area contributed by atoms with E-state index in [1.165, 1.54) is 24.8 Å². The molecule has 0 spiro atoms. The van der Waals surface area contributed by atoms with Crippen LogP contribution in [0.5, 0.6) is 0 Å². The molecule has 1 N–H and O–H groups in total. The Labute approximate surface area is 97.1 Å². The summed E-state index contributed by atoms with van der Waals surface area (Å²) in [5, 5.41) is 3.42. The molecule has 1 atom stereocenters. The molecule has 0 aromatic heterocycles. The van der Waals surface area contributed by atoms with Gasteiger partial charge in [0.05, 0.1) is 0 Å². The minimum absolute atomic E-state index is 0.139. The lowest BCUT2D eigenvalue weighted by Gasteiger charge is -2.34. The average molecular weight is 221 g/mol. The van der Waals surface area contributed by atoms with E-state index in [0.717, 1.165) is 19.0 Å². The van der Waals surface area contributed by atoms with Gasteiger partial charge in [0, 0.05) is 6.54 Å². The third-order valence-corrected chi connectivity index (χ3v) is 3.63. The maximum atomic E-state index is 12.9. The normalized spacial score (nSPS) is 18.1. The summed E-state index contributed by atoms with van der Waals surface area (Å²) in [6, 6.07) is 7.03. The Morgan fingerprint density at radius 1 is 1.31 bits per heavy atom. The molecule has 16 heavy (non-hydrogen) atoms. The minimum Gasteiger partial charge on any atom is -0.316 e. The van der Waals surface area contributed by atoms with Crippen LogP contribution in [-0.2, 0) is 0 Å². The zero-order valence-corrected chi connectivity index (χ0v) is 9.88. The number of hydrogen-bond donors (Lipinski definition) is 1. The van der Waals surface area contributed by atoms with Gasteiger partial charge in [-0.3, -0.25) is 0 Å². The van der Waals surface area contributed by atoms with Crippen molar-refractivity contribution in [3.8, 4) is 0 Å². The van der Waals surface area contributed by atoms with Crippen LogP contribution in [0.15, 0.2) is 24.3 Å². The molecule has 1 aliphatic rings. The van der Waals surface area contributed by atoms with Crippen LogP contribution in [0.1, 0.15) is 37.7 Å². The van der Waals surface area contributed by atoms with Crippen LogP contribution in [0.25, 0.3) is 0 Å². The zero-order valence-electron chi connectivity index (χ0n) is 9.88. The lowest BCUT2D eigenvalue weighted by molar-refractivity contribution is 0.255. The molecule has 1 aromatic carbocycles. The molecule has 0 radical (unpaired) electrons. The zero-order chi connectivity index (χ0) is 11.4. The second kappa shape index (κ2) is 5.44. The van der Waals surface area contributed by atoms with Crippen LogP contribution in [-0.4, -0.2) is 13.1 Å². The largest absolute Gasteiger partial charge is 0.316 e. The highest BCUT2D eigenvalue weighted by Crippen LogP contribution is 2.38. The van der Waals surface area contributed by atoms with Gasteiger partial charge in [0.15, 0.2) is 0 Å². The first kappa shape index (κ1) is 11.6. The topological polar surface area (TPSA) is 12.0 Å². The fourth-order valence-corrected chi connectivity index (χ4v) is 2.41. The van der Waals surface area contributed by atoms with Crippen molar-refractivity contribution in [3.63, 3.8) is 0 Å². The van der Waals surface area contributed by atoms with E-state index in [2.05, 4.69) is 12.2 Å². The molecule has 0 heterocycles. The third-order valence-electron chi connectivity index (χ3n) is 3.63. The van der Waals surface area contributed by atoms with E-state index < -0.39 is 0 Å².